The third-order valence-corrected chi connectivity index (χ3v) is 2.62. The Balaban J connectivity index is 1.80. The van der Waals surface area contributed by atoms with Crippen LogP contribution in [0.3, 0.4) is 0 Å². The molecular weight excluding hydrogens is 154 g/mol. The van der Waals surface area contributed by atoms with Crippen LogP contribution in [0.1, 0.15) is 19.3 Å². The van der Waals surface area contributed by atoms with E-state index in [-0.39, 0.29) is 6.29 Å². The van der Waals surface area contributed by atoms with Gasteiger partial charge in [0.1, 0.15) is 0 Å². The van der Waals surface area contributed by atoms with Gasteiger partial charge in [0.05, 0.1) is 13.2 Å². The summed E-state index contributed by atoms with van der Waals surface area (Å²) in [5.41, 5.74) is 0. The number of nitrogens with one attached hydrogen (secondary N) is 1. The molecule has 0 saturated carbocycles. The van der Waals surface area contributed by atoms with Gasteiger partial charge in [-0.15, -0.1) is 0 Å². The zero-order valence-electron chi connectivity index (χ0n) is 7.42. The number of hydrogen-bond acceptors (Lipinski definition) is 3. The fourth-order valence-electron chi connectivity index (χ4n) is 1.89. The summed E-state index contributed by atoms with van der Waals surface area (Å²) in [6, 6.07) is 0. The largest absolute Gasteiger partial charge is 0.352 e. The van der Waals surface area contributed by atoms with Crippen LogP contribution in [0.15, 0.2) is 0 Å². The first-order valence-corrected chi connectivity index (χ1v) is 4.91. The average molecular weight is 171 g/mol. The molecule has 0 aromatic heterocycles. The summed E-state index contributed by atoms with van der Waals surface area (Å²) in [5, 5.41) is 3.34. The highest BCUT2D eigenvalue weighted by Gasteiger charge is 2.26. The molecule has 2 rings (SSSR count). The standard InChI is InChI=1S/C9H17NO2/c1-6-11-9(12-7-1)8-2-4-10-5-3-8/h8-10H,1-7H2. The first-order chi connectivity index (χ1) is 5.97. The summed E-state index contributed by atoms with van der Waals surface area (Å²) in [5.74, 6) is 0.631. The molecule has 0 aromatic rings. The highest BCUT2D eigenvalue weighted by Crippen LogP contribution is 2.22. The van der Waals surface area contributed by atoms with Crippen molar-refractivity contribution in [3.8, 4) is 0 Å². The molecule has 2 aliphatic heterocycles. The SMILES string of the molecule is C1COC(C2CCNCC2)OC1. The van der Waals surface area contributed by atoms with Crippen LogP contribution in [0.5, 0.6) is 0 Å². The normalized spacial score (nSPS) is 29.0. The first kappa shape index (κ1) is 8.48. The molecule has 1 N–H and O–H groups in total. The van der Waals surface area contributed by atoms with Gasteiger partial charge in [-0.1, -0.05) is 0 Å². The van der Waals surface area contributed by atoms with E-state index in [0.717, 1.165) is 32.7 Å². The zero-order valence-corrected chi connectivity index (χ0v) is 7.42. The third kappa shape index (κ3) is 1.97. The number of ether oxygens (including phenoxy) is 2. The van der Waals surface area contributed by atoms with Gasteiger partial charge in [-0.05, 0) is 32.4 Å². The van der Waals surface area contributed by atoms with E-state index in [9.17, 15) is 0 Å². The molecular formula is C9H17NO2. The van der Waals surface area contributed by atoms with Gasteiger partial charge in [0.2, 0.25) is 0 Å². The summed E-state index contributed by atoms with van der Waals surface area (Å²) in [6.45, 7) is 4.00. The van der Waals surface area contributed by atoms with Crippen LogP contribution in [0, 0.1) is 5.92 Å². The Labute approximate surface area is 73.4 Å². The van der Waals surface area contributed by atoms with Crippen molar-refractivity contribution in [3.05, 3.63) is 0 Å². The molecule has 0 aromatic carbocycles. The second-order valence-electron chi connectivity index (χ2n) is 3.55. The maximum Gasteiger partial charge on any atom is 0.160 e. The monoisotopic (exact) mass is 171 g/mol. The van der Waals surface area contributed by atoms with Crippen molar-refractivity contribution in [2.24, 2.45) is 5.92 Å². The lowest BCUT2D eigenvalue weighted by atomic mass is 9.97. The van der Waals surface area contributed by atoms with Gasteiger partial charge in [0.25, 0.3) is 0 Å². The predicted molar refractivity (Wildman–Crippen MR) is 45.9 cm³/mol. The van der Waals surface area contributed by atoms with Gasteiger partial charge >= 0.3 is 0 Å². The molecule has 0 aliphatic carbocycles. The number of hydrogen-bond donors (Lipinski definition) is 1. The Morgan fingerprint density at radius 3 is 2.33 bits per heavy atom. The molecule has 0 bridgehead atoms. The average Bonchev–Trinajstić information content (AvgIpc) is 2.21. The fourth-order valence-corrected chi connectivity index (χ4v) is 1.89. The van der Waals surface area contributed by atoms with Crippen LogP contribution in [0.4, 0.5) is 0 Å². The van der Waals surface area contributed by atoms with Gasteiger partial charge < -0.3 is 14.8 Å². The van der Waals surface area contributed by atoms with E-state index in [0.29, 0.717) is 5.92 Å². The molecule has 0 spiro atoms. The highest BCUT2D eigenvalue weighted by molar-refractivity contribution is 4.72. The Bertz CT molecular complexity index is 112. The third-order valence-electron chi connectivity index (χ3n) is 2.62. The van der Waals surface area contributed by atoms with E-state index in [1.54, 1.807) is 0 Å². The Hall–Kier alpha value is -0.120. The summed E-state index contributed by atoms with van der Waals surface area (Å²) in [4.78, 5) is 0. The van der Waals surface area contributed by atoms with Gasteiger partial charge in [-0.2, -0.15) is 0 Å². The predicted octanol–water partition coefficient (Wildman–Crippen LogP) is 0.749. The quantitative estimate of drug-likeness (QED) is 0.631. The molecule has 12 heavy (non-hydrogen) atoms. The molecule has 2 fully saturated rings. The van der Waals surface area contributed by atoms with Crippen molar-refractivity contribution >= 4 is 0 Å². The van der Waals surface area contributed by atoms with Crippen LogP contribution >= 0.6 is 0 Å². The van der Waals surface area contributed by atoms with Crippen molar-refractivity contribution in [3.63, 3.8) is 0 Å². The van der Waals surface area contributed by atoms with Gasteiger partial charge in [0.15, 0.2) is 6.29 Å². The molecule has 3 heteroatoms. The minimum atomic E-state index is 0.0980. The Morgan fingerprint density at radius 1 is 1.00 bits per heavy atom. The zero-order chi connectivity index (χ0) is 8.23. The maximum atomic E-state index is 5.57. The minimum Gasteiger partial charge on any atom is -0.352 e. The van der Waals surface area contributed by atoms with Crippen molar-refractivity contribution < 1.29 is 9.47 Å². The van der Waals surface area contributed by atoms with Crippen molar-refractivity contribution in [1.82, 2.24) is 5.32 Å². The van der Waals surface area contributed by atoms with Crippen molar-refractivity contribution in [1.29, 1.82) is 0 Å². The topological polar surface area (TPSA) is 30.5 Å². The molecule has 0 amide bonds. The smallest absolute Gasteiger partial charge is 0.160 e. The van der Waals surface area contributed by atoms with E-state index >= 15 is 0 Å². The first-order valence-electron chi connectivity index (χ1n) is 4.91. The van der Waals surface area contributed by atoms with Crippen LogP contribution < -0.4 is 5.32 Å². The lowest BCUT2D eigenvalue weighted by Crippen LogP contribution is -2.39. The van der Waals surface area contributed by atoms with E-state index < -0.39 is 0 Å². The lowest BCUT2D eigenvalue weighted by molar-refractivity contribution is -0.208. The van der Waals surface area contributed by atoms with E-state index in [2.05, 4.69) is 5.32 Å². The van der Waals surface area contributed by atoms with Crippen LogP contribution in [0.2, 0.25) is 0 Å². The molecule has 3 nitrogen and oxygen atoms in total. The fraction of sp³-hybridized carbons (Fsp3) is 1.00. The second-order valence-corrected chi connectivity index (χ2v) is 3.55. The Kier molecular flexibility index (Phi) is 2.98. The van der Waals surface area contributed by atoms with Crippen molar-refractivity contribution in [2.45, 2.75) is 25.6 Å². The van der Waals surface area contributed by atoms with Crippen LogP contribution in [0.25, 0.3) is 0 Å². The maximum absolute atomic E-state index is 5.57. The lowest BCUT2D eigenvalue weighted by Gasteiger charge is -2.32. The molecule has 2 saturated heterocycles. The van der Waals surface area contributed by atoms with Crippen molar-refractivity contribution in [2.75, 3.05) is 26.3 Å². The van der Waals surface area contributed by atoms with Gasteiger partial charge in [-0.25, -0.2) is 0 Å². The summed E-state index contributed by atoms with van der Waals surface area (Å²) >= 11 is 0. The molecule has 0 atom stereocenters. The number of piperidine rings is 1. The van der Waals surface area contributed by atoms with E-state index in [4.69, 9.17) is 9.47 Å². The highest BCUT2D eigenvalue weighted by atomic mass is 16.7. The van der Waals surface area contributed by atoms with Gasteiger partial charge in [-0.3, -0.25) is 0 Å². The summed E-state index contributed by atoms with van der Waals surface area (Å²) in [6.07, 6.45) is 3.55. The van der Waals surface area contributed by atoms with Crippen LogP contribution in [-0.2, 0) is 9.47 Å². The summed E-state index contributed by atoms with van der Waals surface area (Å²) < 4.78 is 11.1. The van der Waals surface area contributed by atoms with E-state index in [1.165, 1.54) is 12.8 Å². The molecule has 2 heterocycles. The van der Waals surface area contributed by atoms with Gasteiger partial charge in [0, 0.05) is 5.92 Å². The number of rotatable bonds is 1. The molecule has 70 valence electrons. The van der Waals surface area contributed by atoms with E-state index in [1.807, 2.05) is 0 Å². The summed E-state index contributed by atoms with van der Waals surface area (Å²) in [7, 11) is 0. The molecule has 0 unspecified atom stereocenters. The van der Waals surface area contributed by atoms with Crippen LogP contribution in [-0.4, -0.2) is 32.6 Å². The Morgan fingerprint density at radius 2 is 1.67 bits per heavy atom. The molecule has 2 aliphatic rings. The minimum absolute atomic E-state index is 0.0980. The second kappa shape index (κ2) is 4.21. The molecule has 0 radical (unpaired) electrons.